The summed E-state index contributed by atoms with van der Waals surface area (Å²) in [4.78, 5) is 36.0. The van der Waals surface area contributed by atoms with Crippen LogP contribution in [0.2, 0.25) is 0 Å². The molecule has 1 N–H and O–H groups in total. The summed E-state index contributed by atoms with van der Waals surface area (Å²) < 4.78 is 0.945. The SMILES string of the molecule is O=C(O)c1cc(Br)cc(Br)c1N1C(=O)CCCC1=O. The van der Waals surface area contributed by atoms with E-state index >= 15 is 0 Å². The van der Waals surface area contributed by atoms with Crippen molar-refractivity contribution in [1.29, 1.82) is 0 Å². The highest BCUT2D eigenvalue weighted by atomic mass is 79.9. The zero-order chi connectivity index (χ0) is 14.2. The van der Waals surface area contributed by atoms with Crippen molar-refractivity contribution in [3.63, 3.8) is 0 Å². The minimum absolute atomic E-state index is 0.0927. The van der Waals surface area contributed by atoms with Gasteiger partial charge in [0, 0.05) is 21.8 Å². The first-order valence-electron chi connectivity index (χ1n) is 5.50. The van der Waals surface area contributed by atoms with Crippen LogP contribution >= 0.6 is 31.9 Å². The van der Waals surface area contributed by atoms with Crippen molar-refractivity contribution in [3.05, 3.63) is 26.6 Å². The number of carbonyl (C=O) groups excluding carboxylic acids is 2. The quantitative estimate of drug-likeness (QED) is 0.787. The Kier molecular flexibility index (Phi) is 4.05. The van der Waals surface area contributed by atoms with Gasteiger partial charge in [0.1, 0.15) is 0 Å². The minimum Gasteiger partial charge on any atom is -0.478 e. The van der Waals surface area contributed by atoms with E-state index in [1.165, 1.54) is 6.07 Å². The molecule has 7 heteroatoms. The fourth-order valence-corrected chi connectivity index (χ4v) is 3.36. The number of carbonyl (C=O) groups is 3. The molecule has 100 valence electrons. The number of amides is 2. The maximum Gasteiger partial charge on any atom is 0.337 e. The van der Waals surface area contributed by atoms with Crippen LogP contribution in [0, 0.1) is 0 Å². The van der Waals surface area contributed by atoms with E-state index in [0.717, 1.165) is 4.90 Å². The average Bonchev–Trinajstić information content (AvgIpc) is 2.30. The number of piperidine rings is 1. The zero-order valence-corrected chi connectivity index (χ0v) is 12.8. The minimum atomic E-state index is -1.19. The van der Waals surface area contributed by atoms with E-state index in [-0.39, 0.29) is 35.9 Å². The summed E-state index contributed by atoms with van der Waals surface area (Å²) in [5.41, 5.74) is 0.00949. The van der Waals surface area contributed by atoms with Crippen molar-refractivity contribution in [2.24, 2.45) is 0 Å². The smallest absolute Gasteiger partial charge is 0.337 e. The summed E-state index contributed by atoms with van der Waals surface area (Å²) >= 11 is 6.41. The number of carboxylic acid groups (broad SMARTS) is 1. The van der Waals surface area contributed by atoms with Crippen LogP contribution in [-0.2, 0) is 9.59 Å². The third-order valence-electron chi connectivity index (χ3n) is 2.76. The number of halogens is 2. The molecule has 2 amide bonds. The standard InChI is InChI=1S/C12H9Br2NO4/c13-6-4-7(12(18)19)11(8(14)5-6)15-9(16)2-1-3-10(15)17/h4-5H,1-3H2,(H,18,19). The highest BCUT2D eigenvalue weighted by molar-refractivity contribution is 9.11. The van der Waals surface area contributed by atoms with Gasteiger partial charge in [-0.25, -0.2) is 9.69 Å². The van der Waals surface area contributed by atoms with Crippen LogP contribution in [0.5, 0.6) is 0 Å². The normalized spacial score (nSPS) is 15.8. The molecule has 1 aromatic rings. The summed E-state index contributed by atoms with van der Waals surface area (Å²) in [7, 11) is 0. The van der Waals surface area contributed by atoms with Gasteiger partial charge in [0.05, 0.1) is 11.3 Å². The molecule has 1 saturated heterocycles. The summed E-state index contributed by atoms with van der Waals surface area (Å²) in [6.45, 7) is 0. The topological polar surface area (TPSA) is 74.7 Å². The second-order valence-corrected chi connectivity index (χ2v) is 5.84. The molecule has 19 heavy (non-hydrogen) atoms. The first-order chi connectivity index (χ1) is 8.91. The van der Waals surface area contributed by atoms with Crippen LogP contribution in [0.15, 0.2) is 21.1 Å². The predicted octanol–water partition coefficient (Wildman–Crippen LogP) is 2.95. The van der Waals surface area contributed by atoms with E-state index in [2.05, 4.69) is 31.9 Å². The van der Waals surface area contributed by atoms with Gasteiger partial charge in [-0.2, -0.15) is 0 Å². The van der Waals surface area contributed by atoms with E-state index < -0.39 is 5.97 Å². The summed E-state index contributed by atoms with van der Waals surface area (Å²) in [6, 6.07) is 2.98. The van der Waals surface area contributed by atoms with Crippen LogP contribution in [0.25, 0.3) is 0 Å². The number of aromatic carboxylic acids is 1. The first-order valence-corrected chi connectivity index (χ1v) is 7.08. The Balaban J connectivity index is 2.63. The van der Waals surface area contributed by atoms with Gasteiger partial charge in [0.2, 0.25) is 11.8 Å². The number of hydrogen-bond donors (Lipinski definition) is 1. The number of hydrogen-bond acceptors (Lipinski definition) is 3. The van der Waals surface area contributed by atoms with Crippen molar-refractivity contribution in [2.45, 2.75) is 19.3 Å². The first kappa shape index (κ1) is 14.2. The summed E-state index contributed by atoms with van der Waals surface area (Å²) in [5.74, 6) is -1.94. The van der Waals surface area contributed by atoms with Crippen LogP contribution in [0.4, 0.5) is 5.69 Å². The highest BCUT2D eigenvalue weighted by Crippen LogP contribution is 2.36. The van der Waals surface area contributed by atoms with Gasteiger partial charge in [-0.15, -0.1) is 0 Å². The Labute approximate surface area is 125 Å². The summed E-state index contributed by atoms with van der Waals surface area (Å²) in [6.07, 6.45) is 0.991. The molecule has 0 spiro atoms. The second kappa shape index (κ2) is 5.42. The van der Waals surface area contributed by atoms with Gasteiger partial charge in [-0.1, -0.05) is 15.9 Å². The fourth-order valence-electron chi connectivity index (χ4n) is 1.96. The number of carboxylic acids is 1. The molecule has 0 radical (unpaired) electrons. The molecule has 0 unspecified atom stereocenters. The second-order valence-electron chi connectivity index (χ2n) is 4.07. The Morgan fingerprint density at radius 1 is 1.16 bits per heavy atom. The van der Waals surface area contributed by atoms with E-state index in [1.54, 1.807) is 6.07 Å². The molecule has 1 fully saturated rings. The van der Waals surface area contributed by atoms with Crippen molar-refractivity contribution in [2.75, 3.05) is 4.90 Å². The Bertz CT molecular complexity index is 569. The molecule has 1 aromatic carbocycles. The third-order valence-corrected chi connectivity index (χ3v) is 3.82. The molecule has 0 aliphatic carbocycles. The summed E-state index contributed by atoms with van der Waals surface area (Å²) in [5, 5.41) is 9.23. The molecule has 1 heterocycles. The van der Waals surface area contributed by atoms with E-state index in [1.807, 2.05) is 0 Å². The van der Waals surface area contributed by atoms with Crippen molar-refractivity contribution < 1.29 is 19.5 Å². The zero-order valence-electron chi connectivity index (χ0n) is 9.65. The molecule has 0 bridgehead atoms. The van der Waals surface area contributed by atoms with Gasteiger partial charge >= 0.3 is 5.97 Å². The molecular weight excluding hydrogens is 382 g/mol. The largest absolute Gasteiger partial charge is 0.478 e. The fraction of sp³-hybridized carbons (Fsp3) is 0.250. The van der Waals surface area contributed by atoms with Crippen molar-refractivity contribution in [1.82, 2.24) is 0 Å². The number of imide groups is 1. The van der Waals surface area contributed by atoms with Crippen LogP contribution < -0.4 is 4.90 Å². The molecule has 1 aliphatic heterocycles. The van der Waals surface area contributed by atoms with Crippen molar-refractivity contribution in [3.8, 4) is 0 Å². The molecular formula is C12H9Br2NO4. The molecule has 0 saturated carbocycles. The number of anilines is 1. The Morgan fingerprint density at radius 2 is 1.74 bits per heavy atom. The lowest BCUT2D eigenvalue weighted by Gasteiger charge is -2.27. The van der Waals surface area contributed by atoms with Crippen LogP contribution in [0.1, 0.15) is 29.6 Å². The lowest BCUT2D eigenvalue weighted by molar-refractivity contribution is -0.129. The molecule has 5 nitrogen and oxygen atoms in total. The average molecular weight is 391 g/mol. The molecule has 1 aliphatic rings. The number of nitrogens with zero attached hydrogens (tertiary/aromatic N) is 1. The molecule has 2 rings (SSSR count). The Morgan fingerprint density at radius 3 is 2.26 bits per heavy atom. The maximum absolute atomic E-state index is 11.9. The van der Waals surface area contributed by atoms with Gasteiger partial charge in [0.25, 0.3) is 0 Å². The van der Waals surface area contributed by atoms with E-state index in [9.17, 15) is 19.5 Å². The van der Waals surface area contributed by atoms with E-state index in [0.29, 0.717) is 15.4 Å². The highest BCUT2D eigenvalue weighted by Gasteiger charge is 2.32. The third kappa shape index (κ3) is 2.71. The van der Waals surface area contributed by atoms with Crippen LogP contribution in [-0.4, -0.2) is 22.9 Å². The Hall–Kier alpha value is -1.21. The number of benzene rings is 1. The number of rotatable bonds is 2. The van der Waals surface area contributed by atoms with Gasteiger partial charge in [-0.3, -0.25) is 9.59 Å². The maximum atomic E-state index is 11.9. The van der Waals surface area contributed by atoms with Crippen LogP contribution in [0.3, 0.4) is 0 Å². The van der Waals surface area contributed by atoms with Crippen molar-refractivity contribution >= 4 is 55.3 Å². The van der Waals surface area contributed by atoms with Gasteiger partial charge in [0.15, 0.2) is 0 Å². The molecule has 0 atom stereocenters. The van der Waals surface area contributed by atoms with Gasteiger partial charge < -0.3 is 5.11 Å². The monoisotopic (exact) mass is 389 g/mol. The lowest BCUT2D eigenvalue weighted by atomic mass is 10.1. The molecule has 0 aromatic heterocycles. The predicted molar refractivity (Wildman–Crippen MR) is 75.1 cm³/mol. The van der Waals surface area contributed by atoms with Gasteiger partial charge in [-0.05, 0) is 34.5 Å². The van der Waals surface area contributed by atoms with E-state index in [4.69, 9.17) is 0 Å². The lowest BCUT2D eigenvalue weighted by Crippen LogP contribution is -2.41.